The van der Waals surface area contributed by atoms with Crippen LogP contribution < -0.4 is 62.8 Å². The predicted octanol–water partition coefficient (Wildman–Crippen LogP) is 4.44. The number of aromatic nitrogens is 2. The molecule has 4 aliphatic heterocycles. The highest BCUT2D eigenvalue weighted by Crippen LogP contribution is 2.41. The van der Waals surface area contributed by atoms with Crippen LogP contribution in [0.5, 0.6) is 5.75 Å². The molecule has 34 nitrogen and oxygen atoms in total. The molecular formula is C75H98N16O18. The molecular weight excluding hydrogens is 1410 g/mol. The number of piperidine rings is 1. The molecule has 14 amide bonds. The van der Waals surface area contributed by atoms with E-state index in [0.29, 0.717) is 88.2 Å². The Morgan fingerprint density at radius 1 is 0.752 bits per heavy atom. The number of methoxy groups -OCH3 is 1. The number of anilines is 6. The molecule has 4 atom stereocenters. The highest BCUT2D eigenvalue weighted by atomic mass is 16.6. The van der Waals surface area contributed by atoms with Crippen molar-refractivity contribution in [1.29, 1.82) is 0 Å². The van der Waals surface area contributed by atoms with Crippen LogP contribution in [0.4, 0.5) is 44.1 Å². The number of fused-ring (bicyclic) bond motifs is 2. The first kappa shape index (κ1) is 81.9. The van der Waals surface area contributed by atoms with Crippen molar-refractivity contribution in [2.75, 3.05) is 112 Å². The number of rotatable bonds is 41. The molecule has 0 bridgehead atoms. The topological polar surface area (TPSA) is 432 Å². The molecule has 1 unspecified atom stereocenters. The number of nitrogens with one attached hydrogen (secondary N) is 8. The van der Waals surface area contributed by atoms with Crippen LogP contribution in [-0.4, -0.2) is 219 Å². The number of amides is 14. The summed E-state index contributed by atoms with van der Waals surface area (Å²) in [6.45, 7) is 6.53. The fraction of sp³-hybridized carbons (Fsp3) is 0.507. The molecule has 2 fully saturated rings. The van der Waals surface area contributed by atoms with E-state index < -0.39 is 77.5 Å². The third-order valence-electron chi connectivity index (χ3n) is 19.3. The number of nitrogens with zero attached hydrogens (tertiary/aromatic N) is 7. The molecule has 1 saturated carbocycles. The van der Waals surface area contributed by atoms with Gasteiger partial charge in [0.05, 0.1) is 58.6 Å². The van der Waals surface area contributed by atoms with Gasteiger partial charge in [-0.15, -0.1) is 0 Å². The van der Waals surface area contributed by atoms with E-state index >= 15 is 0 Å². The summed E-state index contributed by atoms with van der Waals surface area (Å²) in [5.74, 6) is -3.62. The van der Waals surface area contributed by atoms with Crippen molar-refractivity contribution < 1.29 is 86.0 Å². The van der Waals surface area contributed by atoms with Crippen molar-refractivity contribution in [3.63, 3.8) is 0 Å². The Bertz CT molecular complexity index is 3980. The number of imide groups is 2. The van der Waals surface area contributed by atoms with Crippen LogP contribution in [-0.2, 0) is 75.2 Å². The second kappa shape index (κ2) is 40.2. The van der Waals surface area contributed by atoms with Gasteiger partial charge in [0.15, 0.2) is 5.82 Å². The lowest BCUT2D eigenvalue weighted by atomic mass is 10.0. The summed E-state index contributed by atoms with van der Waals surface area (Å²) in [6.07, 6.45) is 9.94. The minimum Gasteiger partial charge on any atom is -0.495 e. The molecule has 34 heteroatoms. The van der Waals surface area contributed by atoms with Gasteiger partial charge in [-0.1, -0.05) is 58.2 Å². The number of hydrogen-bond acceptors (Lipinski definition) is 22. The highest BCUT2D eigenvalue weighted by Gasteiger charge is 2.43. The van der Waals surface area contributed by atoms with Crippen molar-refractivity contribution in [1.82, 2.24) is 51.3 Å². The van der Waals surface area contributed by atoms with Gasteiger partial charge in [-0.3, -0.25) is 63.0 Å². The lowest BCUT2D eigenvalue weighted by molar-refractivity contribution is -0.138. The van der Waals surface area contributed by atoms with Gasteiger partial charge in [-0.2, -0.15) is 4.98 Å². The van der Waals surface area contributed by atoms with Gasteiger partial charge in [0.1, 0.15) is 42.2 Å². The molecule has 0 spiro atoms. The van der Waals surface area contributed by atoms with Crippen LogP contribution in [0.3, 0.4) is 0 Å². The van der Waals surface area contributed by atoms with Crippen LogP contribution >= 0.6 is 0 Å². The summed E-state index contributed by atoms with van der Waals surface area (Å²) in [5, 5.41) is 22.0. The fourth-order valence-corrected chi connectivity index (χ4v) is 13.4. The van der Waals surface area contributed by atoms with Gasteiger partial charge in [0.2, 0.25) is 47.3 Å². The number of carbonyl (C=O) groups excluding carboxylic acids is 13. The van der Waals surface area contributed by atoms with Gasteiger partial charge in [-0.25, -0.2) is 14.6 Å². The van der Waals surface area contributed by atoms with Crippen LogP contribution in [0.1, 0.15) is 143 Å². The Morgan fingerprint density at radius 3 is 2.17 bits per heavy atom. The lowest BCUT2D eigenvalue weighted by Gasteiger charge is -2.43. The molecule has 3 aromatic carbocycles. The molecule has 0 radical (unpaired) electrons. The SMILES string of the molecule is CC[C@@H]1C(=O)N(C)c2cnc(Nc3ccc(C(=O)NCCOCCOCCOCCN(CCC(=O)Nc4cccc5c4CN(C4CCC(=O)NC4=O)C5=O)C(=O)OCc4ccc(NC(=O)[C@H](CCCNC(N)=O)NC(=O)[C@@H](NC(=O)CCCCCN5C(=O)C=CC5=O)C(C)C)cc4)cc3OC)nc2N1C1CCCC1. The number of hydrogen-bond donors (Lipinski definition) is 9. The Labute approximate surface area is 631 Å². The zero-order valence-corrected chi connectivity index (χ0v) is 62.1. The van der Waals surface area contributed by atoms with Crippen LogP contribution in [0, 0.1) is 5.92 Å². The molecule has 109 heavy (non-hydrogen) atoms. The van der Waals surface area contributed by atoms with E-state index in [0.717, 1.165) is 30.6 Å². The normalized spacial score (nSPS) is 16.7. The number of unbranched alkanes of at least 4 members (excludes halogenated alkanes) is 2. The summed E-state index contributed by atoms with van der Waals surface area (Å²) in [5.41, 5.74) is 8.75. The molecule has 5 heterocycles. The first-order valence-electron chi connectivity index (χ1n) is 37.0. The quantitative estimate of drug-likeness (QED) is 0.0219. The van der Waals surface area contributed by atoms with Crippen LogP contribution in [0.2, 0.25) is 0 Å². The standard InChI is InChI=1S/C75H98N16O18/c1-6-56-72(102)87(4)58-43-79-74(86-66(58)91(56)50-14-9-10-15-50)83-54-25-22-48(42-59(54)105-5)67(97)77-32-36-106-38-40-108-41-39-107-37-35-88(34-30-62(94)81-53-17-12-16-51-52(53)44-90(71(51)101)57-26-27-61(93)85-69(57)99)75(104)109-45-47-20-23-49(24-21-47)80-68(98)55(18-13-31-78-73(76)103)82-70(100)65(46(2)3)84-60(92)19-8-7-11-33-89-63(95)28-29-64(89)96/h12,16-17,20-25,28-29,42-43,46,50,55-57,65H,6-11,13-15,18-19,26-27,30-41,44-45H2,1-5H3,(H,77,97)(H,80,98)(H,81,94)(H,82,100)(H,84,92)(H3,76,78,103)(H,79,83,86)(H,85,93,99)/t55-,56+,57?,65-/m0/s1. The first-order valence-corrected chi connectivity index (χ1v) is 37.0. The van der Waals surface area contributed by atoms with Crippen molar-refractivity contribution in [2.24, 2.45) is 11.7 Å². The number of ether oxygens (including phenoxy) is 5. The summed E-state index contributed by atoms with van der Waals surface area (Å²) < 4.78 is 28.7. The number of primary amides is 1. The summed E-state index contributed by atoms with van der Waals surface area (Å²) in [7, 11) is 3.25. The molecule has 586 valence electrons. The van der Waals surface area contributed by atoms with Gasteiger partial charge in [0, 0.05) is 112 Å². The Hall–Kier alpha value is -11.1. The molecule has 9 rings (SSSR count). The molecule has 4 aromatic rings. The minimum absolute atomic E-state index is 0.00854. The summed E-state index contributed by atoms with van der Waals surface area (Å²) in [6, 6.07) is 12.2. The van der Waals surface area contributed by atoms with E-state index in [1.807, 2.05) is 6.92 Å². The smallest absolute Gasteiger partial charge is 0.410 e. The fourth-order valence-electron chi connectivity index (χ4n) is 13.4. The molecule has 10 N–H and O–H groups in total. The lowest BCUT2D eigenvalue weighted by Crippen LogP contribution is -2.55. The highest BCUT2D eigenvalue weighted by molar-refractivity contribution is 6.13. The average Bonchev–Trinajstić information content (AvgIpc) is 1.72. The summed E-state index contributed by atoms with van der Waals surface area (Å²) >= 11 is 0. The Morgan fingerprint density at radius 2 is 1.48 bits per heavy atom. The number of nitrogens with two attached hydrogens (primary N) is 1. The molecule has 1 aromatic heterocycles. The number of carbonyl (C=O) groups is 13. The molecule has 5 aliphatic rings. The third-order valence-corrected chi connectivity index (χ3v) is 19.3. The van der Waals surface area contributed by atoms with Gasteiger partial charge >= 0.3 is 12.1 Å². The van der Waals surface area contributed by atoms with Crippen LogP contribution in [0.25, 0.3) is 0 Å². The van der Waals surface area contributed by atoms with E-state index in [1.54, 1.807) is 92.7 Å². The zero-order valence-electron chi connectivity index (χ0n) is 62.1. The van der Waals surface area contributed by atoms with Crippen LogP contribution in [0.15, 0.2) is 79.0 Å². The zero-order chi connectivity index (χ0) is 78.1. The Kier molecular flexibility index (Phi) is 30.2. The van der Waals surface area contributed by atoms with Crippen molar-refractivity contribution in [3.8, 4) is 5.75 Å². The minimum atomic E-state index is -1.14. The molecule has 1 aliphatic carbocycles. The molecule has 1 saturated heterocycles. The second-order valence-corrected chi connectivity index (χ2v) is 27.2. The third kappa shape index (κ3) is 22.7. The van der Waals surface area contributed by atoms with Crippen molar-refractivity contribution in [2.45, 2.75) is 154 Å². The average molecular weight is 1510 g/mol. The first-order chi connectivity index (χ1) is 52.5. The maximum absolute atomic E-state index is 13.9. The van der Waals surface area contributed by atoms with E-state index in [9.17, 15) is 62.3 Å². The maximum Gasteiger partial charge on any atom is 0.410 e. The second-order valence-electron chi connectivity index (χ2n) is 27.2. The number of urea groups is 1. The van der Waals surface area contributed by atoms with Crippen molar-refractivity contribution >= 4 is 112 Å². The van der Waals surface area contributed by atoms with E-state index in [1.165, 1.54) is 29.1 Å². The number of likely N-dealkylation sites (N-methyl/N-ethyl adjacent to an activating group) is 1. The summed E-state index contributed by atoms with van der Waals surface area (Å²) in [4.78, 5) is 185. The number of benzene rings is 3. The van der Waals surface area contributed by atoms with Gasteiger partial charge in [-0.05, 0) is 105 Å². The van der Waals surface area contributed by atoms with Gasteiger partial charge < -0.3 is 86.2 Å². The van der Waals surface area contributed by atoms with Gasteiger partial charge in [0.25, 0.3) is 23.6 Å². The largest absolute Gasteiger partial charge is 0.495 e. The van der Waals surface area contributed by atoms with Crippen molar-refractivity contribution in [3.05, 3.63) is 101 Å². The maximum atomic E-state index is 13.9. The monoisotopic (exact) mass is 1510 g/mol. The van der Waals surface area contributed by atoms with E-state index in [-0.39, 0.29) is 160 Å². The van der Waals surface area contributed by atoms with E-state index in [4.69, 9.17) is 34.4 Å². The van der Waals surface area contributed by atoms with E-state index in [2.05, 4.69) is 52.4 Å². The predicted molar refractivity (Wildman–Crippen MR) is 398 cm³/mol. The Balaban J connectivity index is 0.728.